The molecule has 0 radical (unpaired) electrons. The number of para-hydroxylation sites is 1. The molecule has 3 aromatic rings. The number of benzene rings is 2. The lowest BCUT2D eigenvalue weighted by molar-refractivity contribution is -0.115. The van der Waals surface area contributed by atoms with Gasteiger partial charge in [0, 0.05) is 11.3 Å². The lowest BCUT2D eigenvalue weighted by Crippen LogP contribution is -2.23. The summed E-state index contributed by atoms with van der Waals surface area (Å²) in [6.07, 6.45) is 1.01. The molecule has 0 aliphatic carbocycles. The van der Waals surface area contributed by atoms with E-state index in [1.807, 2.05) is 51.1 Å². The van der Waals surface area contributed by atoms with Crippen molar-refractivity contribution >= 4 is 23.4 Å². The van der Waals surface area contributed by atoms with Gasteiger partial charge in [0.25, 0.3) is 5.22 Å². The van der Waals surface area contributed by atoms with Crippen molar-refractivity contribution in [3.63, 3.8) is 0 Å². The molecule has 0 spiro atoms. The summed E-state index contributed by atoms with van der Waals surface area (Å²) in [7, 11) is 0. The third kappa shape index (κ3) is 5.26. The molecule has 0 aliphatic heterocycles. The maximum absolute atomic E-state index is 12.7. The van der Waals surface area contributed by atoms with E-state index in [0.29, 0.717) is 17.0 Å². The summed E-state index contributed by atoms with van der Waals surface area (Å²) in [5.41, 5.74) is 5.18. The Morgan fingerprint density at radius 1 is 1.10 bits per heavy atom. The van der Waals surface area contributed by atoms with Gasteiger partial charge in [-0.15, -0.1) is 10.2 Å². The molecule has 3 rings (SSSR count). The smallest absolute Gasteiger partial charge is 0.277 e. The van der Waals surface area contributed by atoms with Crippen LogP contribution < -0.4 is 5.32 Å². The van der Waals surface area contributed by atoms with Gasteiger partial charge in [0.15, 0.2) is 0 Å². The number of aryl methyl sites for hydroxylation is 2. The van der Waals surface area contributed by atoms with E-state index in [-0.39, 0.29) is 11.2 Å². The standard InChI is InChI=1S/C23H27N3O2S/c1-6-16(4)19-9-7-8-10-20(19)24-21(27)17(5)29-23-26-25-22(28-23)18-12-14(2)11-15(3)13-18/h7-13,16-17H,6H2,1-5H3,(H,24,27)/t16-,17-/m1/s1. The van der Waals surface area contributed by atoms with Gasteiger partial charge in [0.05, 0.1) is 5.25 Å². The molecule has 0 unspecified atom stereocenters. The molecule has 1 aromatic heterocycles. The summed E-state index contributed by atoms with van der Waals surface area (Å²) in [5.74, 6) is 0.761. The highest BCUT2D eigenvalue weighted by atomic mass is 32.2. The highest BCUT2D eigenvalue weighted by molar-refractivity contribution is 8.00. The first-order chi connectivity index (χ1) is 13.9. The molecule has 1 amide bonds. The van der Waals surface area contributed by atoms with Gasteiger partial charge in [-0.1, -0.05) is 61.0 Å². The van der Waals surface area contributed by atoms with Gasteiger partial charge in [0.1, 0.15) is 0 Å². The summed E-state index contributed by atoms with van der Waals surface area (Å²) in [6.45, 7) is 10.2. The number of nitrogens with zero attached hydrogens (tertiary/aromatic N) is 2. The first-order valence-electron chi connectivity index (χ1n) is 9.86. The Kier molecular flexibility index (Phi) is 6.75. The van der Waals surface area contributed by atoms with Crippen molar-refractivity contribution in [2.24, 2.45) is 0 Å². The molecule has 6 heteroatoms. The Morgan fingerprint density at radius 3 is 2.48 bits per heavy atom. The Hall–Kier alpha value is -2.60. The minimum atomic E-state index is -0.368. The zero-order chi connectivity index (χ0) is 21.0. The molecular weight excluding hydrogens is 382 g/mol. The molecule has 29 heavy (non-hydrogen) atoms. The molecule has 0 aliphatic rings. The molecular formula is C23H27N3O2S. The van der Waals surface area contributed by atoms with Crippen molar-refractivity contribution in [3.8, 4) is 11.5 Å². The fraction of sp³-hybridized carbons (Fsp3) is 0.348. The Morgan fingerprint density at radius 2 is 1.79 bits per heavy atom. The minimum absolute atomic E-state index is 0.0862. The predicted molar refractivity (Wildman–Crippen MR) is 118 cm³/mol. The summed E-state index contributed by atoms with van der Waals surface area (Å²) >= 11 is 1.26. The van der Waals surface area contributed by atoms with E-state index in [2.05, 4.69) is 41.5 Å². The van der Waals surface area contributed by atoms with E-state index in [0.717, 1.165) is 34.4 Å². The highest BCUT2D eigenvalue weighted by Crippen LogP contribution is 2.30. The molecule has 2 aromatic carbocycles. The number of rotatable bonds is 7. The summed E-state index contributed by atoms with van der Waals surface area (Å²) in [4.78, 5) is 12.7. The third-order valence-electron chi connectivity index (χ3n) is 4.88. The van der Waals surface area contributed by atoms with Crippen LogP contribution in [0.5, 0.6) is 0 Å². The van der Waals surface area contributed by atoms with Gasteiger partial charge < -0.3 is 9.73 Å². The van der Waals surface area contributed by atoms with Crippen LogP contribution in [0.2, 0.25) is 0 Å². The highest BCUT2D eigenvalue weighted by Gasteiger charge is 2.20. The molecule has 5 nitrogen and oxygen atoms in total. The molecule has 0 saturated heterocycles. The van der Waals surface area contributed by atoms with Crippen molar-refractivity contribution in [1.29, 1.82) is 0 Å². The normalized spacial score (nSPS) is 13.1. The second-order valence-corrected chi connectivity index (χ2v) is 8.69. The van der Waals surface area contributed by atoms with E-state index in [1.165, 1.54) is 11.8 Å². The zero-order valence-corrected chi connectivity index (χ0v) is 18.3. The largest absolute Gasteiger partial charge is 0.411 e. The molecule has 152 valence electrons. The quantitative estimate of drug-likeness (QED) is 0.486. The van der Waals surface area contributed by atoms with Gasteiger partial charge in [0.2, 0.25) is 11.8 Å². The van der Waals surface area contributed by atoms with Crippen LogP contribution in [0.3, 0.4) is 0 Å². The number of carbonyl (C=O) groups is 1. The number of amides is 1. The molecule has 0 saturated carbocycles. The minimum Gasteiger partial charge on any atom is -0.411 e. The molecule has 1 N–H and O–H groups in total. The van der Waals surface area contributed by atoms with Crippen LogP contribution in [0.15, 0.2) is 52.1 Å². The monoisotopic (exact) mass is 409 g/mol. The number of nitrogens with one attached hydrogen (secondary N) is 1. The number of aromatic nitrogens is 2. The maximum atomic E-state index is 12.7. The number of carbonyl (C=O) groups excluding carboxylic acids is 1. The van der Waals surface area contributed by atoms with Crippen molar-refractivity contribution in [2.75, 3.05) is 5.32 Å². The topological polar surface area (TPSA) is 68.0 Å². The van der Waals surface area contributed by atoms with Crippen molar-refractivity contribution in [1.82, 2.24) is 10.2 Å². The predicted octanol–water partition coefficient (Wildman–Crippen LogP) is 5.99. The first-order valence-corrected chi connectivity index (χ1v) is 10.7. The number of hydrogen-bond donors (Lipinski definition) is 1. The lowest BCUT2D eigenvalue weighted by Gasteiger charge is -2.17. The van der Waals surface area contributed by atoms with E-state index >= 15 is 0 Å². The fourth-order valence-corrected chi connectivity index (χ4v) is 3.86. The van der Waals surface area contributed by atoms with Gasteiger partial charge in [-0.25, -0.2) is 0 Å². The van der Waals surface area contributed by atoms with E-state index in [9.17, 15) is 4.79 Å². The maximum Gasteiger partial charge on any atom is 0.277 e. The third-order valence-corrected chi connectivity index (χ3v) is 5.82. The lowest BCUT2D eigenvalue weighted by atomic mass is 9.97. The summed E-state index contributed by atoms with van der Waals surface area (Å²) < 4.78 is 5.79. The van der Waals surface area contributed by atoms with Crippen molar-refractivity contribution in [3.05, 3.63) is 59.2 Å². The summed E-state index contributed by atoms with van der Waals surface area (Å²) in [6, 6.07) is 14.1. The zero-order valence-electron chi connectivity index (χ0n) is 17.5. The molecule has 0 fully saturated rings. The average Bonchev–Trinajstić information content (AvgIpc) is 3.15. The number of hydrogen-bond acceptors (Lipinski definition) is 5. The van der Waals surface area contributed by atoms with Crippen LogP contribution in [-0.2, 0) is 4.79 Å². The summed E-state index contributed by atoms with van der Waals surface area (Å²) in [5, 5.41) is 11.3. The van der Waals surface area contributed by atoms with Crippen LogP contribution >= 0.6 is 11.8 Å². The molecule has 1 heterocycles. The van der Waals surface area contributed by atoms with Crippen LogP contribution in [0, 0.1) is 13.8 Å². The Labute approximate surface area is 176 Å². The van der Waals surface area contributed by atoms with Crippen LogP contribution in [-0.4, -0.2) is 21.4 Å². The van der Waals surface area contributed by atoms with Crippen LogP contribution in [0.1, 0.15) is 49.8 Å². The van der Waals surface area contributed by atoms with Gasteiger partial charge >= 0.3 is 0 Å². The van der Waals surface area contributed by atoms with E-state index < -0.39 is 0 Å². The van der Waals surface area contributed by atoms with Crippen LogP contribution in [0.4, 0.5) is 5.69 Å². The van der Waals surface area contributed by atoms with Gasteiger partial charge in [-0.2, -0.15) is 0 Å². The number of thioether (sulfide) groups is 1. The second-order valence-electron chi connectivity index (χ2n) is 7.40. The van der Waals surface area contributed by atoms with Crippen LogP contribution in [0.25, 0.3) is 11.5 Å². The Balaban J connectivity index is 1.69. The molecule has 0 bridgehead atoms. The van der Waals surface area contributed by atoms with Crippen molar-refractivity contribution < 1.29 is 9.21 Å². The van der Waals surface area contributed by atoms with E-state index in [4.69, 9.17) is 4.42 Å². The Bertz CT molecular complexity index is 979. The fourth-order valence-electron chi connectivity index (χ4n) is 3.17. The SMILES string of the molecule is CC[C@@H](C)c1ccccc1NC(=O)[C@@H](C)Sc1nnc(-c2cc(C)cc(C)c2)o1. The average molecular weight is 410 g/mol. The molecule has 2 atom stereocenters. The van der Waals surface area contributed by atoms with Gasteiger partial charge in [-0.05, 0) is 56.9 Å². The first kappa shape index (κ1) is 21.1. The van der Waals surface area contributed by atoms with E-state index in [1.54, 1.807) is 0 Å². The van der Waals surface area contributed by atoms with Crippen molar-refractivity contribution in [2.45, 2.75) is 57.4 Å². The number of anilines is 1. The second kappa shape index (κ2) is 9.27. The van der Waals surface area contributed by atoms with Gasteiger partial charge in [-0.3, -0.25) is 4.79 Å².